The largest absolute Gasteiger partial charge is 0.392 e. The molecule has 1 amide bonds. The molecular weight excluding hydrogens is 228 g/mol. The summed E-state index contributed by atoms with van der Waals surface area (Å²) in [7, 11) is 0. The molecule has 3 unspecified atom stereocenters. The minimum Gasteiger partial charge on any atom is -0.392 e. The van der Waals surface area contributed by atoms with Crippen LogP contribution in [0.1, 0.15) is 46.5 Å². The molecule has 4 heteroatoms. The highest BCUT2D eigenvalue weighted by molar-refractivity contribution is 5.83. The number of carbonyl (C=O) groups is 1. The molecule has 0 aromatic heterocycles. The third-order valence-corrected chi connectivity index (χ3v) is 4.98. The van der Waals surface area contributed by atoms with E-state index in [4.69, 9.17) is 0 Å². The molecule has 1 saturated heterocycles. The molecule has 0 bridgehead atoms. The van der Waals surface area contributed by atoms with Gasteiger partial charge in [-0.25, -0.2) is 0 Å². The first-order valence-corrected chi connectivity index (χ1v) is 7.12. The molecule has 4 nitrogen and oxygen atoms in total. The van der Waals surface area contributed by atoms with Gasteiger partial charge < -0.3 is 15.7 Å². The van der Waals surface area contributed by atoms with Crippen LogP contribution >= 0.6 is 0 Å². The summed E-state index contributed by atoms with van der Waals surface area (Å²) in [6, 6.07) is 0.120. The average Bonchev–Trinajstić information content (AvgIpc) is 2.79. The summed E-state index contributed by atoms with van der Waals surface area (Å²) in [6.07, 6.45) is 3.32. The van der Waals surface area contributed by atoms with Crippen molar-refractivity contribution in [2.24, 2.45) is 10.8 Å². The average molecular weight is 254 g/mol. The fraction of sp³-hybridized carbons (Fsp3) is 0.929. The van der Waals surface area contributed by atoms with Crippen LogP contribution in [-0.4, -0.2) is 36.2 Å². The van der Waals surface area contributed by atoms with Gasteiger partial charge in [-0.15, -0.1) is 0 Å². The lowest BCUT2D eigenvalue weighted by Gasteiger charge is -2.50. The molecule has 0 radical (unpaired) electrons. The van der Waals surface area contributed by atoms with Crippen LogP contribution in [0.4, 0.5) is 0 Å². The van der Waals surface area contributed by atoms with Gasteiger partial charge in [-0.3, -0.25) is 4.79 Å². The second-order valence-corrected chi connectivity index (χ2v) is 6.56. The summed E-state index contributed by atoms with van der Waals surface area (Å²) in [6.45, 7) is 7.90. The number of amides is 1. The van der Waals surface area contributed by atoms with Crippen LogP contribution in [0.3, 0.4) is 0 Å². The predicted molar refractivity (Wildman–Crippen MR) is 71.2 cm³/mol. The normalized spacial score (nSPS) is 38.2. The maximum atomic E-state index is 12.5. The molecule has 1 heterocycles. The molecule has 0 spiro atoms. The van der Waals surface area contributed by atoms with E-state index in [9.17, 15) is 9.90 Å². The number of hydrogen-bond donors (Lipinski definition) is 3. The van der Waals surface area contributed by atoms with E-state index in [0.29, 0.717) is 6.42 Å². The van der Waals surface area contributed by atoms with Crippen LogP contribution in [0.15, 0.2) is 0 Å². The molecule has 18 heavy (non-hydrogen) atoms. The lowest BCUT2D eigenvalue weighted by molar-refractivity contribution is -0.138. The molecule has 0 aromatic carbocycles. The van der Waals surface area contributed by atoms with Crippen molar-refractivity contribution in [2.45, 2.75) is 58.6 Å². The zero-order valence-corrected chi connectivity index (χ0v) is 11.8. The fourth-order valence-corrected chi connectivity index (χ4v) is 3.20. The third-order valence-electron chi connectivity index (χ3n) is 4.98. The van der Waals surface area contributed by atoms with Gasteiger partial charge in [0, 0.05) is 18.0 Å². The summed E-state index contributed by atoms with van der Waals surface area (Å²) in [5.74, 6) is 0.180. The Balaban J connectivity index is 1.99. The van der Waals surface area contributed by atoms with Crippen molar-refractivity contribution < 1.29 is 9.90 Å². The second kappa shape index (κ2) is 4.82. The molecule has 1 saturated carbocycles. The van der Waals surface area contributed by atoms with Crippen molar-refractivity contribution in [3.63, 3.8) is 0 Å². The first-order valence-electron chi connectivity index (χ1n) is 7.12. The number of aliphatic hydroxyl groups excluding tert-OH is 1. The number of nitrogens with one attached hydrogen (secondary N) is 2. The van der Waals surface area contributed by atoms with Crippen LogP contribution < -0.4 is 10.6 Å². The van der Waals surface area contributed by atoms with Crippen molar-refractivity contribution in [2.75, 3.05) is 13.1 Å². The number of hydrogen-bond acceptors (Lipinski definition) is 3. The lowest BCUT2D eigenvalue weighted by atomic mass is 9.64. The van der Waals surface area contributed by atoms with Gasteiger partial charge in [-0.1, -0.05) is 27.2 Å². The van der Waals surface area contributed by atoms with E-state index >= 15 is 0 Å². The topological polar surface area (TPSA) is 61.4 Å². The predicted octanol–water partition coefficient (Wildman–Crippen LogP) is 1.04. The molecule has 1 aliphatic carbocycles. The first-order chi connectivity index (χ1) is 8.42. The first kappa shape index (κ1) is 13.8. The molecule has 3 N–H and O–H groups in total. The summed E-state index contributed by atoms with van der Waals surface area (Å²) in [5, 5.41) is 16.2. The second-order valence-electron chi connectivity index (χ2n) is 6.56. The Kier molecular flexibility index (Phi) is 3.70. The number of carbonyl (C=O) groups excluding carboxylic acids is 1. The van der Waals surface area contributed by atoms with E-state index in [2.05, 4.69) is 17.6 Å². The highest BCUT2D eigenvalue weighted by atomic mass is 16.3. The molecule has 3 atom stereocenters. The quantitative estimate of drug-likeness (QED) is 0.702. The van der Waals surface area contributed by atoms with Crippen molar-refractivity contribution in [3.05, 3.63) is 0 Å². The highest BCUT2D eigenvalue weighted by Crippen LogP contribution is 2.41. The van der Waals surface area contributed by atoms with Crippen LogP contribution in [0.5, 0.6) is 0 Å². The van der Waals surface area contributed by atoms with E-state index in [0.717, 1.165) is 32.4 Å². The van der Waals surface area contributed by atoms with Gasteiger partial charge in [0.1, 0.15) is 0 Å². The zero-order chi connectivity index (χ0) is 13.4. The van der Waals surface area contributed by atoms with Gasteiger partial charge in [0.05, 0.1) is 11.5 Å². The standard InChI is InChI=1S/C14H26N2O2/c1-4-5-14(6-7-15-9-14)12(18)16-10-8-11(17)13(10,2)3/h10-11,15,17H,4-9H2,1-3H3,(H,16,18). The smallest absolute Gasteiger partial charge is 0.227 e. The molecular formula is C14H26N2O2. The Morgan fingerprint density at radius 2 is 2.22 bits per heavy atom. The molecule has 2 fully saturated rings. The lowest BCUT2D eigenvalue weighted by Crippen LogP contribution is -2.63. The van der Waals surface area contributed by atoms with Gasteiger partial charge >= 0.3 is 0 Å². The minimum atomic E-state index is -0.286. The van der Waals surface area contributed by atoms with Crippen molar-refractivity contribution in [1.82, 2.24) is 10.6 Å². The zero-order valence-electron chi connectivity index (χ0n) is 11.8. The Morgan fingerprint density at radius 3 is 2.67 bits per heavy atom. The Morgan fingerprint density at radius 1 is 1.50 bits per heavy atom. The van der Waals surface area contributed by atoms with E-state index in [1.54, 1.807) is 0 Å². The van der Waals surface area contributed by atoms with Crippen molar-refractivity contribution in [1.29, 1.82) is 0 Å². The van der Waals surface area contributed by atoms with Crippen molar-refractivity contribution in [3.8, 4) is 0 Å². The van der Waals surface area contributed by atoms with Gasteiger partial charge in [-0.05, 0) is 25.8 Å². The summed E-state index contributed by atoms with van der Waals surface area (Å²) < 4.78 is 0. The SMILES string of the molecule is CCCC1(C(=O)NC2CC(O)C2(C)C)CCNC1. The van der Waals surface area contributed by atoms with Crippen LogP contribution in [-0.2, 0) is 4.79 Å². The monoisotopic (exact) mass is 254 g/mol. The number of rotatable bonds is 4. The van der Waals surface area contributed by atoms with E-state index < -0.39 is 0 Å². The van der Waals surface area contributed by atoms with Crippen LogP contribution in [0.2, 0.25) is 0 Å². The van der Waals surface area contributed by atoms with Gasteiger partial charge in [0.25, 0.3) is 0 Å². The maximum Gasteiger partial charge on any atom is 0.227 e. The molecule has 2 aliphatic rings. The van der Waals surface area contributed by atoms with Crippen molar-refractivity contribution >= 4 is 5.91 Å². The maximum absolute atomic E-state index is 12.5. The van der Waals surface area contributed by atoms with Gasteiger partial charge in [0.15, 0.2) is 0 Å². The summed E-state index contributed by atoms with van der Waals surface area (Å²) in [4.78, 5) is 12.5. The fourth-order valence-electron chi connectivity index (χ4n) is 3.20. The molecule has 104 valence electrons. The molecule has 1 aliphatic heterocycles. The Hall–Kier alpha value is -0.610. The van der Waals surface area contributed by atoms with Crippen LogP contribution in [0.25, 0.3) is 0 Å². The van der Waals surface area contributed by atoms with E-state index in [1.807, 2.05) is 13.8 Å². The summed E-state index contributed by atoms with van der Waals surface area (Å²) >= 11 is 0. The third kappa shape index (κ3) is 2.16. The Labute approximate surface area is 110 Å². The molecule has 0 aromatic rings. The van der Waals surface area contributed by atoms with Crippen LogP contribution in [0, 0.1) is 10.8 Å². The van der Waals surface area contributed by atoms with Gasteiger partial charge in [-0.2, -0.15) is 0 Å². The Bertz CT molecular complexity index is 322. The van der Waals surface area contributed by atoms with E-state index in [1.165, 1.54) is 0 Å². The van der Waals surface area contributed by atoms with E-state index in [-0.39, 0.29) is 28.9 Å². The number of aliphatic hydroxyl groups is 1. The summed E-state index contributed by atoms with van der Waals surface area (Å²) in [5.41, 5.74) is -0.402. The van der Waals surface area contributed by atoms with Gasteiger partial charge in [0.2, 0.25) is 5.91 Å². The minimum absolute atomic E-state index is 0.120. The highest BCUT2D eigenvalue weighted by Gasteiger charge is 2.50. The molecule has 2 rings (SSSR count).